The summed E-state index contributed by atoms with van der Waals surface area (Å²) in [5.41, 5.74) is 9.75. The Bertz CT molecular complexity index is 1450. The van der Waals surface area contributed by atoms with Crippen LogP contribution in [0.15, 0.2) is 65.1 Å². The average Bonchev–Trinajstić information content (AvgIpc) is 3.62. The topological polar surface area (TPSA) is 110 Å². The molecule has 1 amide bonds. The number of aryl methyl sites for hydroxylation is 1. The van der Waals surface area contributed by atoms with Gasteiger partial charge in [0.2, 0.25) is 5.71 Å². The maximum Gasteiger partial charge on any atom is 0.263 e. The number of primary amides is 1. The number of halogens is 1. The number of nitrogens with zero attached hydrogens (tertiary/aromatic N) is 2. The second kappa shape index (κ2) is 10.7. The van der Waals surface area contributed by atoms with E-state index in [1.54, 1.807) is 0 Å². The van der Waals surface area contributed by atoms with E-state index in [1.807, 2.05) is 67.6 Å². The molecule has 1 aliphatic carbocycles. The summed E-state index contributed by atoms with van der Waals surface area (Å²) in [6.45, 7) is 2.18. The first kappa shape index (κ1) is 25.4. The molecule has 9 heteroatoms. The summed E-state index contributed by atoms with van der Waals surface area (Å²) < 4.78 is 30.2. The highest BCUT2D eigenvalue weighted by Crippen LogP contribution is 2.40. The van der Waals surface area contributed by atoms with Crippen LogP contribution in [0.5, 0.6) is 0 Å². The predicted octanol–water partition coefficient (Wildman–Crippen LogP) is 6.17. The Morgan fingerprint density at radius 3 is 2.54 bits per heavy atom. The van der Waals surface area contributed by atoms with Gasteiger partial charge in [-0.05, 0) is 55.7 Å². The molecular weight excluding hydrogens is 510 g/mol. The normalized spacial score (nSPS) is 15.0. The fraction of sp³-hybridized carbons (Fsp3) is 0.286. The molecule has 1 saturated carbocycles. The number of hydrogen-bond donors (Lipinski definition) is 2. The van der Waals surface area contributed by atoms with Gasteiger partial charge in [0.1, 0.15) is 11.6 Å². The van der Waals surface area contributed by atoms with Crippen LogP contribution < -0.4 is 10.0 Å². The molecule has 7 nitrogen and oxygen atoms in total. The van der Waals surface area contributed by atoms with Crippen molar-refractivity contribution in [2.24, 2.45) is 11.7 Å². The summed E-state index contributed by atoms with van der Waals surface area (Å²) in [7, 11) is 0. The second-order valence-corrected chi connectivity index (χ2v) is 10.9. The number of carbonyl (C=O) groups excluding carboxylic acids is 1. The third-order valence-electron chi connectivity index (χ3n) is 6.68. The molecule has 2 atom stereocenters. The molecule has 1 fully saturated rings. The van der Waals surface area contributed by atoms with Crippen molar-refractivity contribution < 1.29 is 18.0 Å². The highest BCUT2D eigenvalue weighted by molar-refractivity contribution is 7.80. The largest absolute Gasteiger partial charge is 0.437 e. The summed E-state index contributed by atoms with van der Waals surface area (Å²) in [6, 6.07) is 19.0. The monoisotopic (exact) mass is 537 g/mol. The molecule has 2 aromatic heterocycles. The fourth-order valence-corrected chi connectivity index (χ4v) is 5.34. The van der Waals surface area contributed by atoms with E-state index in [4.69, 9.17) is 26.7 Å². The maximum atomic E-state index is 12.5. The van der Waals surface area contributed by atoms with Crippen molar-refractivity contribution in [3.05, 3.63) is 82.9 Å². The number of pyridine rings is 1. The zero-order valence-corrected chi connectivity index (χ0v) is 22.0. The minimum Gasteiger partial charge on any atom is -0.437 e. The number of rotatable bonds is 10. The summed E-state index contributed by atoms with van der Waals surface area (Å²) in [6.07, 6.45) is 3.28. The van der Waals surface area contributed by atoms with Crippen LogP contribution in [0.25, 0.3) is 22.4 Å². The minimum atomic E-state index is -2.34. The van der Waals surface area contributed by atoms with Crippen molar-refractivity contribution in [1.82, 2.24) is 4.98 Å². The van der Waals surface area contributed by atoms with Gasteiger partial charge in [-0.3, -0.25) is 13.7 Å². The lowest BCUT2D eigenvalue weighted by Gasteiger charge is -2.23. The van der Waals surface area contributed by atoms with Gasteiger partial charge in [0.05, 0.1) is 16.3 Å². The number of furan rings is 1. The maximum absolute atomic E-state index is 12.5. The molecule has 37 heavy (non-hydrogen) atoms. The number of amides is 1. The third kappa shape index (κ3) is 5.56. The van der Waals surface area contributed by atoms with Crippen LogP contribution in [-0.2, 0) is 17.7 Å². The smallest absolute Gasteiger partial charge is 0.263 e. The lowest BCUT2D eigenvalue weighted by Crippen LogP contribution is -2.29. The predicted molar refractivity (Wildman–Crippen MR) is 147 cm³/mol. The number of alkyl halides is 1. The summed E-state index contributed by atoms with van der Waals surface area (Å²) in [5.74, 6) is 0.553. The van der Waals surface area contributed by atoms with E-state index < -0.39 is 17.2 Å². The molecule has 5 rings (SSSR count). The lowest BCUT2D eigenvalue weighted by atomic mass is 10.0. The molecule has 2 unspecified atom stereocenters. The summed E-state index contributed by atoms with van der Waals surface area (Å²) in [4.78, 5) is 17.2. The zero-order valence-electron chi connectivity index (χ0n) is 20.4. The Kier molecular flexibility index (Phi) is 7.33. The van der Waals surface area contributed by atoms with Gasteiger partial charge in [0, 0.05) is 12.1 Å². The van der Waals surface area contributed by atoms with E-state index in [1.165, 1.54) is 4.31 Å². The first-order valence-corrected chi connectivity index (χ1v) is 13.7. The Hall–Kier alpha value is -3.20. The van der Waals surface area contributed by atoms with Gasteiger partial charge in [-0.15, -0.1) is 11.6 Å². The number of benzene rings is 2. The molecule has 4 aromatic rings. The Morgan fingerprint density at radius 1 is 1.22 bits per heavy atom. The van der Waals surface area contributed by atoms with Crippen LogP contribution in [0.1, 0.15) is 51.7 Å². The van der Waals surface area contributed by atoms with Crippen molar-refractivity contribution in [3.63, 3.8) is 0 Å². The molecule has 2 aromatic carbocycles. The molecule has 0 radical (unpaired) electrons. The zero-order chi connectivity index (χ0) is 26.1. The lowest BCUT2D eigenvalue weighted by molar-refractivity contribution is 0.100. The molecular formula is C28H28ClN3O4S. The molecule has 2 heterocycles. The number of anilines is 1. The Labute approximate surface area is 223 Å². The molecule has 0 bridgehead atoms. The minimum absolute atomic E-state index is 0.194. The molecule has 1 aliphatic rings. The number of nitrogens with two attached hydrogens (primary N) is 1. The van der Waals surface area contributed by atoms with Crippen LogP contribution in [-0.4, -0.2) is 26.2 Å². The van der Waals surface area contributed by atoms with Crippen LogP contribution in [0, 0.1) is 12.8 Å². The van der Waals surface area contributed by atoms with E-state index in [9.17, 15) is 13.6 Å². The van der Waals surface area contributed by atoms with Gasteiger partial charge >= 0.3 is 0 Å². The number of hydrogen-bond acceptors (Lipinski definition) is 4. The van der Waals surface area contributed by atoms with E-state index in [2.05, 4.69) is 0 Å². The van der Waals surface area contributed by atoms with E-state index in [-0.39, 0.29) is 23.2 Å². The van der Waals surface area contributed by atoms with E-state index in [0.29, 0.717) is 41.3 Å². The SMILES string of the molecule is Cc1ccc(-c2oc3nc(N(CCC(Cl)c4ccccc4)S(=O)O)c(CC4CC4)cc3c2C(N)=O)cc1. The number of fused-ring (bicyclic) bond motifs is 1. The van der Waals surface area contributed by atoms with Gasteiger partial charge in [-0.25, -0.2) is 4.21 Å². The van der Waals surface area contributed by atoms with Gasteiger partial charge in [-0.2, -0.15) is 4.98 Å². The van der Waals surface area contributed by atoms with Crippen molar-refractivity contribution >= 4 is 45.7 Å². The van der Waals surface area contributed by atoms with E-state index >= 15 is 0 Å². The summed E-state index contributed by atoms with van der Waals surface area (Å²) in [5, 5.41) is 0.173. The van der Waals surface area contributed by atoms with Gasteiger partial charge < -0.3 is 10.2 Å². The highest BCUT2D eigenvalue weighted by Gasteiger charge is 2.30. The quantitative estimate of drug-likeness (QED) is 0.186. The number of aromatic nitrogens is 1. The van der Waals surface area contributed by atoms with Crippen molar-refractivity contribution in [2.45, 2.75) is 38.0 Å². The average molecular weight is 538 g/mol. The van der Waals surface area contributed by atoms with Gasteiger partial charge in [-0.1, -0.05) is 60.2 Å². The van der Waals surface area contributed by atoms with Crippen LogP contribution >= 0.6 is 11.6 Å². The molecule has 192 valence electrons. The fourth-order valence-electron chi connectivity index (χ4n) is 4.52. The van der Waals surface area contributed by atoms with Crippen LogP contribution in [0.3, 0.4) is 0 Å². The molecule has 0 aliphatic heterocycles. The first-order chi connectivity index (χ1) is 17.8. The molecule has 0 spiro atoms. The van der Waals surface area contributed by atoms with Crippen LogP contribution in [0.2, 0.25) is 0 Å². The molecule has 3 N–H and O–H groups in total. The van der Waals surface area contributed by atoms with Crippen molar-refractivity contribution in [3.8, 4) is 11.3 Å². The third-order valence-corrected chi connectivity index (χ3v) is 7.88. The Balaban J connectivity index is 1.57. The first-order valence-electron chi connectivity index (χ1n) is 12.2. The van der Waals surface area contributed by atoms with Crippen molar-refractivity contribution in [1.29, 1.82) is 0 Å². The second-order valence-electron chi connectivity index (χ2n) is 9.51. The Morgan fingerprint density at radius 2 is 1.92 bits per heavy atom. The van der Waals surface area contributed by atoms with Gasteiger partial charge in [0.25, 0.3) is 17.2 Å². The molecule has 0 saturated heterocycles. The summed E-state index contributed by atoms with van der Waals surface area (Å²) >= 11 is 4.27. The van der Waals surface area contributed by atoms with Crippen molar-refractivity contribution in [2.75, 3.05) is 10.8 Å². The number of carbonyl (C=O) groups is 1. The van der Waals surface area contributed by atoms with Crippen LogP contribution in [0.4, 0.5) is 5.82 Å². The van der Waals surface area contributed by atoms with E-state index in [0.717, 1.165) is 29.5 Å². The standard InChI is InChI=1S/C28H28ClN3O4S/c1-17-7-11-20(12-8-17)25-24(26(30)33)22-16-21(15-18-9-10-18)27(31-28(22)36-25)32(37(34)35)14-13-23(29)19-5-3-2-4-6-19/h2-8,11-12,16,18,23H,9-10,13-15H2,1H3,(H2,30,33)(H,34,35). The highest BCUT2D eigenvalue weighted by atomic mass is 35.5. The van der Waals surface area contributed by atoms with Gasteiger partial charge in [0.15, 0.2) is 0 Å².